The van der Waals surface area contributed by atoms with E-state index in [1.54, 1.807) is 0 Å². The van der Waals surface area contributed by atoms with E-state index in [-0.39, 0.29) is 0 Å². The first-order valence-electron chi connectivity index (χ1n) is 4.33. The smallest absolute Gasteiger partial charge is 0.404 e. The molecule has 14 heavy (non-hydrogen) atoms. The van der Waals surface area contributed by atoms with Gasteiger partial charge in [0, 0.05) is 13.0 Å². The number of rotatable bonds is 8. The van der Waals surface area contributed by atoms with Gasteiger partial charge < -0.3 is 19.9 Å². The Balaban J connectivity index is 2.93. The van der Waals surface area contributed by atoms with Gasteiger partial charge in [0.15, 0.2) is 0 Å². The zero-order valence-corrected chi connectivity index (χ0v) is 7.99. The van der Waals surface area contributed by atoms with Gasteiger partial charge in [-0.15, -0.1) is 12.3 Å². The van der Waals surface area contributed by atoms with Crippen LogP contribution >= 0.6 is 0 Å². The van der Waals surface area contributed by atoms with Crippen molar-refractivity contribution < 1.29 is 19.4 Å². The van der Waals surface area contributed by atoms with Gasteiger partial charge in [0.2, 0.25) is 0 Å². The summed E-state index contributed by atoms with van der Waals surface area (Å²) >= 11 is 0. The highest BCUT2D eigenvalue weighted by atomic mass is 16.5. The minimum Gasteiger partial charge on any atom is -0.465 e. The van der Waals surface area contributed by atoms with Crippen molar-refractivity contribution in [2.75, 3.05) is 33.0 Å². The van der Waals surface area contributed by atoms with Crippen LogP contribution in [0.1, 0.15) is 6.42 Å². The highest BCUT2D eigenvalue weighted by molar-refractivity contribution is 5.64. The Morgan fingerprint density at radius 3 is 2.50 bits per heavy atom. The Kier molecular flexibility index (Phi) is 8.96. The summed E-state index contributed by atoms with van der Waals surface area (Å²) < 4.78 is 10.2. The minimum absolute atomic E-state index is 0.291. The van der Waals surface area contributed by atoms with Crippen LogP contribution in [0.15, 0.2) is 0 Å². The van der Waals surface area contributed by atoms with E-state index in [1.165, 1.54) is 0 Å². The fourth-order valence-corrected chi connectivity index (χ4v) is 0.683. The number of hydrogen-bond donors (Lipinski definition) is 2. The zero-order valence-electron chi connectivity index (χ0n) is 7.99. The first kappa shape index (κ1) is 12.8. The lowest BCUT2D eigenvalue weighted by atomic mass is 10.5. The van der Waals surface area contributed by atoms with Crippen molar-refractivity contribution in [2.45, 2.75) is 6.42 Å². The molecule has 1 amide bonds. The molecule has 0 atom stereocenters. The Morgan fingerprint density at radius 2 is 1.93 bits per heavy atom. The molecule has 0 spiro atoms. The molecule has 0 unspecified atom stereocenters. The molecule has 0 fully saturated rings. The molecule has 0 aliphatic heterocycles. The maximum absolute atomic E-state index is 10.00. The van der Waals surface area contributed by atoms with Gasteiger partial charge in [-0.05, 0) is 0 Å². The van der Waals surface area contributed by atoms with Gasteiger partial charge in [-0.2, -0.15) is 0 Å². The normalized spacial score (nSPS) is 9.36. The molecule has 0 heterocycles. The molecule has 5 nitrogen and oxygen atoms in total. The third kappa shape index (κ3) is 10.8. The summed E-state index contributed by atoms with van der Waals surface area (Å²) in [5.41, 5.74) is 0. The van der Waals surface area contributed by atoms with Gasteiger partial charge in [-0.1, -0.05) is 0 Å². The molecule has 0 aliphatic carbocycles. The summed E-state index contributed by atoms with van der Waals surface area (Å²) in [5, 5.41) is 10.4. The van der Waals surface area contributed by atoms with Crippen LogP contribution in [0.3, 0.4) is 0 Å². The van der Waals surface area contributed by atoms with E-state index < -0.39 is 6.09 Å². The lowest BCUT2D eigenvalue weighted by molar-refractivity contribution is 0.0511. The van der Waals surface area contributed by atoms with Crippen molar-refractivity contribution in [3.8, 4) is 12.3 Å². The zero-order chi connectivity index (χ0) is 10.6. The van der Waals surface area contributed by atoms with Crippen LogP contribution in [-0.2, 0) is 9.47 Å². The predicted molar refractivity (Wildman–Crippen MR) is 51.1 cm³/mol. The SMILES string of the molecule is C#CCCOCCOCCNC(=O)O. The average Bonchev–Trinajstić information content (AvgIpc) is 2.15. The second-order valence-corrected chi connectivity index (χ2v) is 2.41. The van der Waals surface area contributed by atoms with Crippen molar-refractivity contribution in [3.63, 3.8) is 0 Å². The molecule has 0 aromatic heterocycles. The highest BCUT2D eigenvalue weighted by Gasteiger charge is 1.93. The molecule has 80 valence electrons. The van der Waals surface area contributed by atoms with Gasteiger partial charge in [0.05, 0.1) is 26.4 Å². The van der Waals surface area contributed by atoms with Gasteiger partial charge >= 0.3 is 6.09 Å². The molecular formula is C9H15NO4. The third-order valence-electron chi connectivity index (χ3n) is 1.29. The highest BCUT2D eigenvalue weighted by Crippen LogP contribution is 1.81. The van der Waals surface area contributed by atoms with E-state index in [9.17, 15) is 4.79 Å². The van der Waals surface area contributed by atoms with Crippen molar-refractivity contribution >= 4 is 6.09 Å². The molecule has 0 bridgehead atoms. The van der Waals surface area contributed by atoms with E-state index in [0.29, 0.717) is 39.4 Å². The van der Waals surface area contributed by atoms with Gasteiger partial charge in [0.1, 0.15) is 0 Å². The molecule has 0 saturated carbocycles. The fourth-order valence-electron chi connectivity index (χ4n) is 0.683. The summed E-state index contributed by atoms with van der Waals surface area (Å²) in [6.07, 6.45) is 4.57. The van der Waals surface area contributed by atoms with E-state index in [4.69, 9.17) is 21.0 Å². The largest absolute Gasteiger partial charge is 0.465 e. The molecular weight excluding hydrogens is 186 g/mol. The number of carbonyl (C=O) groups is 1. The number of carboxylic acid groups (broad SMARTS) is 1. The molecule has 0 aromatic carbocycles. The molecule has 0 aliphatic rings. The third-order valence-corrected chi connectivity index (χ3v) is 1.29. The van der Waals surface area contributed by atoms with Crippen molar-refractivity contribution in [2.24, 2.45) is 0 Å². The molecule has 2 N–H and O–H groups in total. The molecule has 0 rings (SSSR count). The van der Waals surface area contributed by atoms with Crippen LogP contribution in [0, 0.1) is 12.3 Å². The van der Waals surface area contributed by atoms with E-state index >= 15 is 0 Å². The number of amides is 1. The van der Waals surface area contributed by atoms with Gasteiger partial charge in [0.25, 0.3) is 0 Å². The molecule has 0 saturated heterocycles. The molecule has 0 aromatic rings. The molecule has 0 radical (unpaired) electrons. The predicted octanol–water partition coefficient (Wildman–Crippen LogP) is 0.310. The minimum atomic E-state index is -1.04. The van der Waals surface area contributed by atoms with Crippen LogP contribution < -0.4 is 5.32 Å². The number of nitrogens with one attached hydrogen (secondary N) is 1. The van der Waals surface area contributed by atoms with E-state index in [1.807, 2.05) is 0 Å². The number of terminal acetylenes is 1. The number of hydrogen-bond acceptors (Lipinski definition) is 3. The summed E-state index contributed by atoms with van der Waals surface area (Å²) in [7, 11) is 0. The Bertz CT molecular complexity index is 188. The quantitative estimate of drug-likeness (QED) is 0.438. The van der Waals surface area contributed by atoms with Crippen LogP contribution in [-0.4, -0.2) is 44.2 Å². The Morgan fingerprint density at radius 1 is 1.29 bits per heavy atom. The summed E-state index contributed by atoms with van der Waals surface area (Å²) in [6, 6.07) is 0. The van der Waals surface area contributed by atoms with Gasteiger partial charge in [-0.25, -0.2) is 4.79 Å². The second-order valence-electron chi connectivity index (χ2n) is 2.41. The van der Waals surface area contributed by atoms with Crippen molar-refractivity contribution in [1.82, 2.24) is 5.32 Å². The van der Waals surface area contributed by atoms with Crippen LogP contribution in [0.2, 0.25) is 0 Å². The van der Waals surface area contributed by atoms with Crippen LogP contribution in [0.5, 0.6) is 0 Å². The maximum atomic E-state index is 10.00. The lowest BCUT2D eigenvalue weighted by Crippen LogP contribution is -2.25. The summed E-state index contributed by atoms with van der Waals surface area (Å²) in [5.74, 6) is 2.45. The summed E-state index contributed by atoms with van der Waals surface area (Å²) in [6.45, 7) is 2.11. The van der Waals surface area contributed by atoms with Gasteiger partial charge in [-0.3, -0.25) is 0 Å². The topological polar surface area (TPSA) is 67.8 Å². The first-order valence-corrected chi connectivity index (χ1v) is 4.33. The first-order chi connectivity index (χ1) is 6.77. The van der Waals surface area contributed by atoms with Crippen LogP contribution in [0.25, 0.3) is 0 Å². The molecule has 5 heteroatoms. The Labute approximate surface area is 83.4 Å². The maximum Gasteiger partial charge on any atom is 0.404 e. The van der Waals surface area contributed by atoms with Crippen LogP contribution in [0.4, 0.5) is 4.79 Å². The fraction of sp³-hybridized carbons (Fsp3) is 0.667. The van der Waals surface area contributed by atoms with Crippen molar-refractivity contribution in [3.05, 3.63) is 0 Å². The van der Waals surface area contributed by atoms with E-state index in [2.05, 4.69) is 11.2 Å². The second kappa shape index (κ2) is 9.84. The standard InChI is InChI=1S/C9H15NO4/c1-2-3-5-13-7-8-14-6-4-10-9(11)12/h1,10H,3-8H2,(H,11,12). The summed E-state index contributed by atoms with van der Waals surface area (Å²) in [4.78, 5) is 10.00. The lowest BCUT2D eigenvalue weighted by Gasteiger charge is -2.04. The Hall–Kier alpha value is -1.25. The van der Waals surface area contributed by atoms with Crippen molar-refractivity contribution in [1.29, 1.82) is 0 Å². The average molecular weight is 201 g/mol. The monoisotopic (exact) mass is 201 g/mol. The van der Waals surface area contributed by atoms with E-state index in [0.717, 1.165) is 0 Å². The number of ether oxygens (including phenoxy) is 2.